The highest BCUT2D eigenvalue weighted by Gasteiger charge is 2.28. The molecule has 0 unspecified atom stereocenters. The molecule has 7 nitrogen and oxygen atoms in total. The highest BCUT2D eigenvalue weighted by atomic mass is 32.1. The zero-order chi connectivity index (χ0) is 20.2. The summed E-state index contributed by atoms with van der Waals surface area (Å²) in [7, 11) is 0. The topological polar surface area (TPSA) is 74.2 Å². The second-order valence-corrected chi connectivity index (χ2v) is 9.42. The maximum absolute atomic E-state index is 12.9. The van der Waals surface area contributed by atoms with E-state index in [1.165, 1.54) is 11.3 Å². The van der Waals surface area contributed by atoms with Gasteiger partial charge in [-0.25, -0.2) is 19.7 Å². The zero-order valence-electron chi connectivity index (χ0n) is 17.4. The minimum Gasteiger partial charge on any atom is -0.325 e. The summed E-state index contributed by atoms with van der Waals surface area (Å²) in [6.45, 7) is 7.50. The Morgan fingerprint density at radius 2 is 1.93 bits per heavy atom. The molecule has 0 radical (unpaired) electrons. The number of piperidine rings is 2. The zero-order valence-corrected chi connectivity index (χ0v) is 18.2. The molecule has 8 heteroatoms. The standard InChI is InChI=1S/C21H30N6OS/c1-15-13-22-20(29-15)25-19-12-18(23-16(2)24-19)11-17-7-6-10-27(14-17)21(28)26-8-4-3-5-9-26/h12-13,17H,3-11,14H2,1-2H3,(H,22,23,24,25)/t17-/m0/s1. The molecule has 4 heterocycles. The number of aromatic nitrogens is 3. The molecule has 2 aromatic rings. The number of carbonyl (C=O) groups excluding carboxylic acids is 1. The summed E-state index contributed by atoms with van der Waals surface area (Å²) in [5.41, 5.74) is 1.03. The van der Waals surface area contributed by atoms with Gasteiger partial charge in [0.25, 0.3) is 0 Å². The number of nitrogens with zero attached hydrogens (tertiary/aromatic N) is 5. The molecule has 29 heavy (non-hydrogen) atoms. The molecular formula is C21H30N6OS. The van der Waals surface area contributed by atoms with Crippen molar-refractivity contribution in [1.29, 1.82) is 0 Å². The number of thiazole rings is 1. The number of aryl methyl sites for hydroxylation is 2. The number of hydrogen-bond donors (Lipinski definition) is 1. The van der Waals surface area contributed by atoms with Crippen LogP contribution < -0.4 is 5.32 Å². The van der Waals surface area contributed by atoms with E-state index in [9.17, 15) is 4.79 Å². The van der Waals surface area contributed by atoms with Crippen molar-refractivity contribution in [1.82, 2.24) is 24.8 Å². The van der Waals surface area contributed by atoms with Gasteiger partial charge in [0, 0.05) is 49.0 Å². The van der Waals surface area contributed by atoms with Crippen LogP contribution in [-0.4, -0.2) is 57.0 Å². The molecule has 2 fully saturated rings. The van der Waals surface area contributed by atoms with Gasteiger partial charge >= 0.3 is 6.03 Å². The molecule has 0 bridgehead atoms. The van der Waals surface area contributed by atoms with E-state index in [1.54, 1.807) is 11.3 Å². The lowest BCUT2D eigenvalue weighted by Crippen LogP contribution is -2.49. The Labute approximate surface area is 176 Å². The van der Waals surface area contributed by atoms with E-state index in [-0.39, 0.29) is 6.03 Å². The number of urea groups is 1. The predicted octanol–water partition coefficient (Wildman–Crippen LogP) is 4.15. The van der Waals surface area contributed by atoms with Gasteiger partial charge in [-0.15, -0.1) is 11.3 Å². The van der Waals surface area contributed by atoms with Crippen LogP contribution in [0.15, 0.2) is 12.3 Å². The SMILES string of the molecule is Cc1nc(C[C@@H]2CCCN(C(=O)N3CCCCC3)C2)cc(Nc2ncc(C)s2)n1. The van der Waals surface area contributed by atoms with Gasteiger partial charge in [0.05, 0.1) is 0 Å². The second-order valence-electron chi connectivity index (χ2n) is 8.18. The minimum absolute atomic E-state index is 0.231. The first-order valence-corrected chi connectivity index (χ1v) is 11.5. The summed E-state index contributed by atoms with van der Waals surface area (Å²) >= 11 is 1.62. The average molecular weight is 415 g/mol. The van der Waals surface area contributed by atoms with Crippen molar-refractivity contribution in [2.24, 2.45) is 5.92 Å². The minimum atomic E-state index is 0.231. The van der Waals surface area contributed by atoms with Crippen LogP contribution in [0, 0.1) is 19.8 Å². The fourth-order valence-electron chi connectivity index (χ4n) is 4.31. The van der Waals surface area contributed by atoms with Crippen molar-refractivity contribution in [2.45, 2.75) is 52.4 Å². The monoisotopic (exact) mass is 414 g/mol. The molecule has 1 atom stereocenters. The molecule has 2 aliphatic rings. The molecule has 0 aliphatic carbocycles. The van der Waals surface area contributed by atoms with Crippen LogP contribution in [0.3, 0.4) is 0 Å². The number of rotatable bonds is 4. The Hall–Kier alpha value is -2.22. The third-order valence-electron chi connectivity index (χ3n) is 5.66. The van der Waals surface area contributed by atoms with Crippen LogP contribution in [0.1, 0.15) is 48.5 Å². The van der Waals surface area contributed by atoms with Gasteiger partial charge in [-0.05, 0) is 58.3 Å². The summed E-state index contributed by atoms with van der Waals surface area (Å²) in [5.74, 6) is 2.00. The number of nitrogens with one attached hydrogen (secondary N) is 1. The highest BCUT2D eigenvalue weighted by molar-refractivity contribution is 7.15. The average Bonchev–Trinajstić information content (AvgIpc) is 3.12. The summed E-state index contributed by atoms with van der Waals surface area (Å²) in [5, 5.41) is 4.15. The van der Waals surface area contributed by atoms with Crippen LogP contribution in [0.25, 0.3) is 0 Å². The van der Waals surface area contributed by atoms with E-state index < -0.39 is 0 Å². The van der Waals surface area contributed by atoms with Crippen molar-refractivity contribution in [3.63, 3.8) is 0 Å². The molecule has 0 saturated carbocycles. The van der Waals surface area contributed by atoms with Crippen LogP contribution in [0.5, 0.6) is 0 Å². The second kappa shape index (κ2) is 9.07. The van der Waals surface area contributed by atoms with Crippen molar-refractivity contribution in [3.8, 4) is 0 Å². The molecule has 0 aromatic carbocycles. The number of hydrogen-bond acceptors (Lipinski definition) is 6. The van der Waals surface area contributed by atoms with Gasteiger partial charge in [0.15, 0.2) is 5.13 Å². The van der Waals surface area contributed by atoms with Gasteiger partial charge in [-0.1, -0.05) is 0 Å². The normalized spacial score (nSPS) is 20.0. The Bertz CT molecular complexity index is 847. The molecule has 156 valence electrons. The first kappa shape index (κ1) is 20.1. The lowest BCUT2D eigenvalue weighted by atomic mass is 9.93. The Morgan fingerprint density at radius 1 is 1.14 bits per heavy atom. The number of anilines is 2. The molecule has 2 amide bonds. The lowest BCUT2D eigenvalue weighted by Gasteiger charge is -2.37. The van der Waals surface area contributed by atoms with Crippen LogP contribution in [0.4, 0.5) is 15.7 Å². The third kappa shape index (κ3) is 5.23. The number of carbonyl (C=O) groups is 1. The van der Waals surface area contributed by atoms with Gasteiger partial charge in [-0.2, -0.15) is 0 Å². The molecule has 4 rings (SSSR count). The van der Waals surface area contributed by atoms with Gasteiger partial charge in [0.1, 0.15) is 11.6 Å². The first-order chi connectivity index (χ1) is 14.1. The molecule has 2 saturated heterocycles. The Kier molecular flexibility index (Phi) is 6.28. The predicted molar refractivity (Wildman–Crippen MR) is 116 cm³/mol. The molecule has 2 aliphatic heterocycles. The highest BCUT2D eigenvalue weighted by Crippen LogP contribution is 2.25. The van der Waals surface area contributed by atoms with Gasteiger partial charge < -0.3 is 15.1 Å². The maximum Gasteiger partial charge on any atom is 0.320 e. The molecule has 1 N–H and O–H groups in total. The Balaban J connectivity index is 1.39. The maximum atomic E-state index is 12.9. The van der Waals surface area contributed by atoms with E-state index in [0.717, 1.165) is 80.8 Å². The fraction of sp³-hybridized carbons (Fsp3) is 0.619. The smallest absolute Gasteiger partial charge is 0.320 e. The third-order valence-corrected chi connectivity index (χ3v) is 6.49. The van der Waals surface area contributed by atoms with E-state index in [0.29, 0.717) is 5.92 Å². The molecular weight excluding hydrogens is 384 g/mol. The van der Waals surface area contributed by atoms with Crippen LogP contribution >= 0.6 is 11.3 Å². The van der Waals surface area contributed by atoms with E-state index >= 15 is 0 Å². The molecule has 0 spiro atoms. The largest absolute Gasteiger partial charge is 0.325 e. The first-order valence-electron chi connectivity index (χ1n) is 10.6. The Morgan fingerprint density at radius 3 is 2.69 bits per heavy atom. The van der Waals surface area contributed by atoms with E-state index in [4.69, 9.17) is 0 Å². The van der Waals surface area contributed by atoms with Crippen molar-refractivity contribution in [2.75, 3.05) is 31.5 Å². The summed E-state index contributed by atoms with van der Waals surface area (Å²) < 4.78 is 0. The quantitative estimate of drug-likeness (QED) is 0.813. The van der Waals surface area contributed by atoms with Gasteiger partial charge in [0.2, 0.25) is 0 Å². The van der Waals surface area contributed by atoms with E-state index in [2.05, 4.69) is 25.2 Å². The van der Waals surface area contributed by atoms with Crippen molar-refractivity contribution in [3.05, 3.63) is 28.7 Å². The summed E-state index contributed by atoms with van der Waals surface area (Å²) in [4.78, 5) is 31.7. The number of likely N-dealkylation sites (tertiary alicyclic amines) is 2. The number of amides is 2. The van der Waals surface area contributed by atoms with Crippen molar-refractivity contribution >= 4 is 28.3 Å². The summed E-state index contributed by atoms with van der Waals surface area (Å²) in [6.07, 6.45) is 8.46. The lowest BCUT2D eigenvalue weighted by molar-refractivity contribution is 0.121. The fourth-order valence-corrected chi connectivity index (χ4v) is 4.98. The van der Waals surface area contributed by atoms with Crippen molar-refractivity contribution < 1.29 is 4.79 Å². The van der Waals surface area contributed by atoms with Crippen LogP contribution in [-0.2, 0) is 6.42 Å². The molecule has 2 aromatic heterocycles. The summed E-state index contributed by atoms with van der Waals surface area (Å²) in [6, 6.07) is 2.25. The van der Waals surface area contributed by atoms with Gasteiger partial charge in [-0.3, -0.25) is 0 Å². The van der Waals surface area contributed by atoms with E-state index in [1.807, 2.05) is 31.0 Å². The van der Waals surface area contributed by atoms with Crippen LogP contribution in [0.2, 0.25) is 0 Å².